The molecule has 0 saturated carbocycles. The van der Waals surface area contributed by atoms with E-state index in [2.05, 4.69) is 12.6 Å². The fourth-order valence-corrected chi connectivity index (χ4v) is 0.713. The van der Waals surface area contributed by atoms with Crippen molar-refractivity contribution in [2.45, 2.75) is 6.42 Å². The maximum absolute atomic E-state index is 3.64. The summed E-state index contributed by atoms with van der Waals surface area (Å²) >= 11 is 0. The Morgan fingerprint density at radius 1 is 1.50 bits per heavy atom. The van der Waals surface area contributed by atoms with E-state index in [0.717, 1.165) is 6.42 Å². The quantitative estimate of drug-likeness (QED) is 0.275. The second kappa shape index (κ2) is 5.35. The molecule has 0 radical (unpaired) electrons. The summed E-state index contributed by atoms with van der Waals surface area (Å²) in [6, 6.07) is 11.0. The molecule has 1 rings (SSSR count). The summed E-state index contributed by atoms with van der Waals surface area (Å²) in [4.78, 5) is 0. The first-order valence-corrected chi connectivity index (χ1v) is 3.00. The first-order chi connectivity index (χ1) is 4.43. The third-order valence-corrected chi connectivity index (χ3v) is 1.14. The number of allylic oxidation sites excluding steroid dienone is 1. The molecule has 0 aliphatic carbocycles. The average Bonchev–Trinajstić information content (AvgIpc) is 1.91. The van der Waals surface area contributed by atoms with Gasteiger partial charge in [-0.15, -0.1) is 6.58 Å². The molecule has 1 heteroatoms. The molecule has 0 spiro atoms. The van der Waals surface area contributed by atoms with Gasteiger partial charge >= 0.3 is 18.9 Å². The van der Waals surface area contributed by atoms with Gasteiger partial charge in [-0.3, -0.25) is 0 Å². The van der Waals surface area contributed by atoms with Gasteiger partial charge in [-0.25, -0.2) is 0 Å². The molecule has 0 unspecified atom stereocenters. The van der Waals surface area contributed by atoms with Gasteiger partial charge in [0.05, 0.1) is 0 Å². The molecule has 1 aromatic carbocycles. The molecule has 10 heavy (non-hydrogen) atoms. The molecule has 0 atom stereocenters. The Bertz CT molecular complexity index is 179. The van der Waals surface area contributed by atoms with Crippen LogP contribution in [0.5, 0.6) is 0 Å². The Labute approximate surface area is 74.1 Å². The fourth-order valence-electron chi connectivity index (χ4n) is 0.713. The van der Waals surface area contributed by atoms with E-state index in [0.29, 0.717) is 0 Å². The largest absolute Gasteiger partial charge is 1.00 e. The molecule has 0 fully saturated rings. The van der Waals surface area contributed by atoms with Gasteiger partial charge in [-0.05, 0) is 6.42 Å². The number of benzene rings is 1. The van der Waals surface area contributed by atoms with Gasteiger partial charge in [0.1, 0.15) is 0 Å². The first-order valence-electron chi connectivity index (χ1n) is 3.00. The number of hydrogen-bond acceptors (Lipinski definition) is 0. The molecule has 0 N–H and O–H groups in total. The predicted molar refractivity (Wildman–Crippen MR) is 39.2 cm³/mol. The topological polar surface area (TPSA) is 0 Å². The number of rotatable bonds is 2. The van der Waals surface area contributed by atoms with Crippen LogP contribution < -0.4 is 18.9 Å². The summed E-state index contributed by atoms with van der Waals surface area (Å²) in [6.45, 7) is 3.64. The molecular formula is C9H9Li. The van der Waals surface area contributed by atoms with Gasteiger partial charge in [-0.1, -0.05) is 6.08 Å². The zero-order chi connectivity index (χ0) is 6.53. The van der Waals surface area contributed by atoms with E-state index in [1.165, 1.54) is 5.56 Å². The molecule has 1 aromatic rings. The van der Waals surface area contributed by atoms with E-state index in [4.69, 9.17) is 0 Å². The minimum Gasteiger partial charge on any atom is -0.180 e. The zero-order valence-electron chi connectivity index (χ0n) is 6.30. The van der Waals surface area contributed by atoms with Crippen LogP contribution in [0.25, 0.3) is 0 Å². The fraction of sp³-hybridized carbons (Fsp3) is 0.111. The SMILES string of the molecule is C=CCc1[c-]cccc1.[Li+]. The molecule has 0 amide bonds. The molecule has 0 saturated heterocycles. The zero-order valence-corrected chi connectivity index (χ0v) is 6.30. The van der Waals surface area contributed by atoms with E-state index in [1.807, 2.05) is 30.3 Å². The van der Waals surface area contributed by atoms with Crippen molar-refractivity contribution in [2.24, 2.45) is 0 Å². The molecule has 0 aliphatic rings. The van der Waals surface area contributed by atoms with Gasteiger partial charge < -0.3 is 0 Å². The van der Waals surface area contributed by atoms with Crippen LogP contribution in [0.4, 0.5) is 0 Å². The van der Waals surface area contributed by atoms with Crippen molar-refractivity contribution in [2.75, 3.05) is 0 Å². The molecule has 0 nitrogen and oxygen atoms in total. The smallest absolute Gasteiger partial charge is 0.180 e. The molecule has 0 aliphatic heterocycles. The van der Waals surface area contributed by atoms with Crippen molar-refractivity contribution in [1.82, 2.24) is 0 Å². The Balaban J connectivity index is 0.000000810. The van der Waals surface area contributed by atoms with E-state index in [9.17, 15) is 0 Å². The monoisotopic (exact) mass is 124 g/mol. The van der Waals surface area contributed by atoms with E-state index >= 15 is 0 Å². The van der Waals surface area contributed by atoms with Crippen molar-refractivity contribution in [3.05, 3.63) is 48.6 Å². The van der Waals surface area contributed by atoms with Crippen LogP contribution in [0.3, 0.4) is 0 Å². The molecule has 0 heterocycles. The van der Waals surface area contributed by atoms with Crippen molar-refractivity contribution < 1.29 is 18.9 Å². The molecule has 0 bridgehead atoms. The minimum absolute atomic E-state index is 0. The molecular weight excluding hydrogens is 115 g/mol. The van der Waals surface area contributed by atoms with Crippen LogP contribution in [0, 0.1) is 6.07 Å². The van der Waals surface area contributed by atoms with Crippen molar-refractivity contribution in [3.8, 4) is 0 Å². The van der Waals surface area contributed by atoms with Gasteiger partial charge in [0.25, 0.3) is 0 Å². The number of hydrogen-bond donors (Lipinski definition) is 0. The maximum atomic E-state index is 3.64. The normalized spacial score (nSPS) is 8.00. The van der Waals surface area contributed by atoms with E-state index < -0.39 is 0 Å². The van der Waals surface area contributed by atoms with E-state index in [-0.39, 0.29) is 18.9 Å². The predicted octanol–water partition coefficient (Wildman–Crippen LogP) is -0.781. The van der Waals surface area contributed by atoms with Crippen LogP contribution in [-0.4, -0.2) is 0 Å². The molecule has 0 aromatic heterocycles. The average molecular weight is 124 g/mol. The van der Waals surface area contributed by atoms with Crippen LogP contribution in [0.1, 0.15) is 5.56 Å². The third-order valence-electron chi connectivity index (χ3n) is 1.14. The van der Waals surface area contributed by atoms with Gasteiger partial charge in [-0.2, -0.15) is 35.9 Å². The van der Waals surface area contributed by atoms with Crippen molar-refractivity contribution in [3.63, 3.8) is 0 Å². The Morgan fingerprint density at radius 2 is 2.30 bits per heavy atom. The van der Waals surface area contributed by atoms with Crippen molar-refractivity contribution in [1.29, 1.82) is 0 Å². The minimum atomic E-state index is 0. The van der Waals surface area contributed by atoms with E-state index in [1.54, 1.807) is 0 Å². The standard InChI is InChI=1S/C9H9.Li/c1-2-6-9-7-4-3-5-8-9;/h2-5,7H,1,6H2;/q-1;+1. The van der Waals surface area contributed by atoms with Crippen molar-refractivity contribution >= 4 is 0 Å². The van der Waals surface area contributed by atoms with Crippen LogP contribution in [0.15, 0.2) is 36.9 Å². The summed E-state index contributed by atoms with van der Waals surface area (Å²) in [7, 11) is 0. The summed E-state index contributed by atoms with van der Waals surface area (Å²) < 4.78 is 0. The van der Waals surface area contributed by atoms with Crippen LogP contribution in [0.2, 0.25) is 0 Å². The Morgan fingerprint density at radius 3 is 2.80 bits per heavy atom. The third kappa shape index (κ3) is 2.92. The van der Waals surface area contributed by atoms with Gasteiger partial charge in [0.15, 0.2) is 0 Å². The van der Waals surface area contributed by atoms with Crippen LogP contribution >= 0.6 is 0 Å². The summed E-state index contributed by atoms with van der Waals surface area (Å²) in [5.74, 6) is 0. The summed E-state index contributed by atoms with van der Waals surface area (Å²) in [6.07, 6.45) is 2.80. The summed E-state index contributed by atoms with van der Waals surface area (Å²) in [5, 5.41) is 0. The van der Waals surface area contributed by atoms with Gasteiger partial charge in [0, 0.05) is 0 Å². The summed E-state index contributed by atoms with van der Waals surface area (Å²) in [5.41, 5.74) is 1.20. The maximum Gasteiger partial charge on any atom is 1.00 e. The van der Waals surface area contributed by atoms with Crippen LogP contribution in [-0.2, 0) is 6.42 Å². The second-order valence-electron chi connectivity index (χ2n) is 1.88. The first kappa shape index (κ1) is 9.56. The molecule has 46 valence electrons. The second-order valence-corrected chi connectivity index (χ2v) is 1.88. The Hall–Kier alpha value is -0.443. The Kier molecular flexibility index (Phi) is 5.11. The van der Waals surface area contributed by atoms with Gasteiger partial charge in [0.2, 0.25) is 0 Å².